The van der Waals surface area contributed by atoms with Crippen molar-refractivity contribution in [3.05, 3.63) is 53.7 Å². The molecule has 35 heavy (non-hydrogen) atoms. The van der Waals surface area contributed by atoms with Crippen LogP contribution in [-0.2, 0) is 22.2 Å². The van der Waals surface area contributed by atoms with Gasteiger partial charge in [-0.3, -0.25) is 4.79 Å². The molecule has 1 aliphatic heterocycles. The Bertz CT molecular complexity index is 1310. The lowest BCUT2D eigenvalue weighted by atomic mass is 9.92. The van der Waals surface area contributed by atoms with Crippen LogP contribution in [0.5, 0.6) is 11.5 Å². The van der Waals surface area contributed by atoms with E-state index in [1.807, 2.05) is 22.8 Å². The quantitative estimate of drug-likeness (QED) is 0.474. The van der Waals surface area contributed by atoms with E-state index in [4.69, 9.17) is 0 Å². The number of nitrogens with zero attached hydrogens (tertiary/aromatic N) is 1. The normalized spacial score (nSPS) is 18.5. The molecule has 1 atom stereocenters. The average Bonchev–Trinajstić information content (AvgIpc) is 3.42. The summed E-state index contributed by atoms with van der Waals surface area (Å²) in [5.41, 5.74) is 2.10. The van der Waals surface area contributed by atoms with E-state index < -0.39 is 17.8 Å². The summed E-state index contributed by atoms with van der Waals surface area (Å²) >= 11 is 0. The van der Waals surface area contributed by atoms with Crippen molar-refractivity contribution in [1.82, 2.24) is 4.57 Å². The molecule has 1 fully saturated rings. The second-order valence-corrected chi connectivity index (χ2v) is 10.4. The van der Waals surface area contributed by atoms with Gasteiger partial charge in [-0.1, -0.05) is 26.8 Å². The molecule has 2 aliphatic rings. The van der Waals surface area contributed by atoms with Crippen LogP contribution in [0.3, 0.4) is 0 Å². The number of amides is 1. The molecular weight excluding hydrogens is 458 g/mol. The Kier molecular flexibility index (Phi) is 5.34. The van der Waals surface area contributed by atoms with Crippen LogP contribution < -0.4 is 14.8 Å². The van der Waals surface area contributed by atoms with Crippen molar-refractivity contribution in [3.63, 3.8) is 0 Å². The average molecular weight is 489 g/mol. The second-order valence-electron chi connectivity index (χ2n) is 10.4. The van der Waals surface area contributed by atoms with Gasteiger partial charge in [0.25, 0.3) is 0 Å². The first-order valence-corrected chi connectivity index (χ1v) is 11.6. The van der Waals surface area contributed by atoms with Crippen molar-refractivity contribution in [1.29, 1.82) is 0 Å². The van der Waals surface area contributed by atoms with Crippen LogP contribution in [0.4, 0.5) is 14.5 Å². The highest BCUT2D eigenvalue weighted by Gasteiger charge is 2.52. The van der Waals surface area contributed by atoms with Gasteiger partial charge in [-0.25, -0.2) is 0 Å². The maximum absolute atomic E-state index is 13.4. The Hall–Kier alpha value is -3.17. The number of benzene rings is 2. The predicted molar refractivity (Wildman–Crippen MR) is 128 cm³/mol. The van der Waals surface area contributed by atoms with Crippen molar-refractivity contribution < 1.29 is 34.7 Å². The summed E-state index contributed by atoms with van der Waals surface area (Å²) in [6, 6.07) is 12.1. The van der Waals surface area contributed by atoms with Crippen LogP contribution in [0.1, 0.15) is 46.3 Å². The van der Waals surface area contributed by atoms with Gasteiger partial charge in [0.15, 0.2) is 11.5 Å². The summed E-state index contributed by atoms with van der Waals surface area (Å²) in [5, 5.41) is 23.3. The number of hydrogen-bond acceptors (Lipinski definition) is 5. The van der Waals surface area contributed by atoms with Crippen LogP contribution in [0.2, 0.25) is 0 Å². The standard InChI is InChI=1S/C26H28F2N2O5.H2/c1-24(2,3)22-11-15-10-17(5-6-19(15)30(22)13-18(32)14-31)29-23(33)25(8-9-25)16-4-7-20-21(12-16)35-26(27,28)34-20;/h4-7,10-12,18,31-32H,8-9,13-14H2,1-3H3,(H,29,33);1H/t18-;/m1./s1. The van der Waals surface area contributed by atoms with Crippen molar-refractivity contribution in [3.8, 4) is 11.5 Å². The van der Waals surface area contributed by atoms with Crippen LogP contribution in [0.15, 0.2) is 42.5 Å². The van der Waals surface area contributed by atoms with Gasteiger partial charge < -0.3 is 29.6 Å². The van der Waals surface area contributed by atoms with E-state index >= 15 is 0 Å². The first-order valence-electron chi connectivity index (χ1n) is 11.6. The number of aromatic nitrogens is 1. The Morgan fingerprint density at radius 2 is 1.86 bits per heavy atom. The number of ether oxygens (including phenoxy) is 2. The first-order chi connectivity index (χ1) is 16.4. The molecule has 1 aliphatic carbocycles. The molecule has 0 unspecified atom stereocenters. The summed E-state index contributed by atoms with van der Waals surface area (Å²) in [7, 11) is 0. The molecule has 0 spiro atoms. The lowest BCUT2D eigenvalue weighted by Crippen LogP contribution is -2.28. The number of carbonyl (C=O) groups excluding carboxylic acids is 1. The Labute approximate surface area is 202 Å². The maximum atomic E-state index is 13.4. The lowest BCUT2D eigenvalue weighted by molar-refractivity contribution is -0.286. The van der Waals surface area contributed by atoms with Crippen LogP contribution in [-0.4, -0.2) is 39.7 Å². The Morgan fingerprint density at radius 1 is 1.14 bits per heavy atom. The molecule has 0 bridgehead atoms. The van der Waals surface area contributed by atoms with Gasteiger partial charge in [0, 0.05) is 29.1 Å². The number of hydrogen-bond donors (Lipinski definition) is 3. The molecule has 1 aromatic heterocycles. The third-order valence-corrected chi connectivity index (χ3v) is 6.67. The molecule has 2 aromatic carbocycles. The number of nitrogens with one attached hydrogen (secondary N) is 1. The van der Waals surface area contributed by atoms with Gasteiger partial charge in [-0.2, -0.15) is 0 Å². The molecule has 5 rings (SSSR count). The zero-order chi connectivity index (χ0) is 25.2. The van der Waals surface area contributed by atoms with Gasteiger partial charge >= 0.3 is 6.29 Å². The minimum Gasteiger partial charge on any atom is -0.395 e. The summed E-state index contributed by atoms with van der Waals surface area (Å²) < 4.78 is 37.8. The Balaban J connectivity index is 0.00000304. The van der Waals surface area contributed by atoms with Crippen LogP contribution in [0, 0.1) is 0 Å². The van der Waals surface area contributed by atoms with Gasteiger partial charge in [0.05, 0.1) is 24.7 Å². The third-order valence-electron chi connectivity index (χ3n) is 6.67. The van der Waals surface area contributed by atoms with Crippen LogP contribution in [0.25, 0.3) is 10.9 Å². The largest absolute Gasteiger partial charge is 0.586 e. The maximum Gasteiger partial charge on any atom is 0.586 e. The molecule has 0 radical (unpaired) electrons. The summed E-state index contributed by atoms with van der Waals surface area (Å²) in [6.07, 6.45) is -3.39. The van der Waals surface area contributed by atoms with Gasteiger partial charge in [0.2, 0.25) is 5.91 Å². The van der Waals surface area contributed by atoms with Gasteiger partial charge in [0.1, 0.15) is 0 Å². The topological polar surface area (TPSA) is 93.0 Å². The van der Waals surface area contributed by atoms with E-state index in [9.17, 15) is 23.8 Å². The molecule has 188 valence electrons. The highest BCUT2D eigenvalue weighted by Crippen LogP contribution is 2.52. The van der Waals surface area contributed by atoms with Gasteiger partial charge in [-0.05, 0) is 54.8 Å². The fraction of sp³-hybridized carbons (Fsp3) is 0.423. The van der Waals surface area contributed by atoms with E-state index in [-0.39, 0.29) is 37.4 Å². The number of halogens is 2. The molecule has 0 saturated heterocycles. The van der Waals surface area contributed by atoms with E-state index in [0.717, 1.165) is 16.6 Å². The molecule has 1 saturated carbocycles. The molecule has 7 nitrogen and oxygen atoms in total. The number of alkyl halides is 2. The third kappa shape index (κ3) is 4.23. The summed E-state index contributed by atoms with van der Waals surface area (Å²) in [6.45, 7) is 6.14. The predicted octanol–water partition coefficient (Wildman–Crippen LogP) is 4.53. The minimum absolute atomic E-state index is 0. The fourth-order valence-electron chi connectivity index (χ4n) is 4.70. The zero-order valence-corrected chi connectivity index (χ0v) is 19.8. The van der Waals surface area contributed by atoms with E-state index in [2.05, 4.69) is 35.6 Å². The molecular formula is C26H30F2N2O5. The molecule has 9 heteroatoms. The van der Waals surface area contributed by atoms with Crippen LogP contribution >= 0.6 is 0 Å². The number of aliphatic hydroxyl groups excluding tert-OH is 2. The zero-order valence-electron chi connectivity index (χ0n) is 19.8. The molecule has 2 heterocycles. The summed E-state index contributed by atoms with van der Waals surface area (Å²) in [4.78, 5) is 13.3. The number of fused-ring (bicyclic) bond motifs is 2. The first kappa shape index (κ1) is 23.6. The second kappa shape index (κ2) is 7.93. The number of anilines is 1. The molecule has 1 amide bonds. The summed E-state index contributed by atoms with van der Waals surface area (Å²) in [5.74, 6) is -0.339. The van der Waals surface area contributed by atoms with Crippen molar-refractivity contribution >= 4 is 22.5 Å². The van der Waals surface area contributed by atoms with Crippen molar-refractivity contribution in [2.24, 2.45) is 0 Å². The molecule has 3 aromatic rings. The highest BCUT2D eigenvalue weighted by molar-refractivity contribution is 6.02. The van der Waals surface area contributed by atoms with Crippen molar-refractivity contribution in [2.75, 3.05) is 11.9 Å². The minimum atomic E-state index is -3.70. The fourth-order valence-corrected chi connectivity index (χ4v) is 4.70. The monoisotopic (exact) mass is 488 g/mol. The highest BCUT2D eigenvalue weighted by atomic mass is 19.3. The van der Waals surface area contributed by atoms with E-state index in [1.165, 1.54) is 12.1 Å². The molecule has 3 N–H and O–H groups in total. The number of carbonyl (C=O) groups is 1. The van der Waals surface area contributed by atoms with Gasteiger partial charge in [-0.15, -0.1) is 8.78 Å². The SMILES string of the molecule is CC(C)(C)c1cc2cc(NC(=O)C3(c4ccc5c(c4)OC(F)(F)O5)CC3)ccc2n1C[C@@H](O)CO.[HH]. The Morgan fingerprint density at radius 3 is 2.51 bits per heavy atom. The number of aliphatic hydroxyl groups is 2. The van der Waals surface area contributed by atoms with E-state index in [0.29, 0.717) is 24.1 Å². The number of rotatable bonds is 6. The van der Waals surface area contributed by atoms with E-state index in [1.54, 1.807) is 12.1 Å². The smallest absolute Gasteiger partial charge is 0.395 e. The lowest BCUT2D eigenvalue weighted by Gasteiger charge is -2.23. The van der Waals surface area contributed by atoms with Crippen molar-refractivity contribution in [2.45, 2.75) is 63.4 Å².